The van der Waals surface area contributed by atoms with Crippen molar-refractivity contribution in [2.45, 2.75) is 6.54 Å². The third-order valence-corrected chi connectivity index (χ3v) is 2.07. The van der Waals surface area contributed by atoms with Crippen molar-refractivity contribution >= 4 is 5.96 Å². The topological polar surface area (TPSA) is 67.6 Å². The van der Waals surface area contributed by atoms with Crippen LogP contribution in [-0.2, 0) is 6.54 Å². The number of aliphatic imine (C=N–C) groups is 1. The number of hydrogen-bond donors (Lipinski definition) is 2. The number of benzene rings is 1. The molecule has 0 amide bonds. The molecule has 0 saturated heterocycles. The van der Waals surface area contributed by atoms with Gasteiger partial charge in [-0.2, -0.15) is 0 Å². The predicted octanol–water partition coefficient (Wildman–Crippen LogP) is 0.392. The molecule has 4 N–H and O–H groups in total. The fraction of sp³-hybridized carbons (Fsp3) is 0.364. The molecular weight excluding hydrogens is 188 g/mol. The van der Waals surface area contributed by atoms with Gasteiger partial charge in [0, 0.05) is 13.1 Å². The van der Waals surface area contributed by atoms with E-state index in [4.69, 9.17) is 11.5 Å². The Kier molecular flexibility index (Phi) is 4.63. The first-order valence-corrected chi connectivity index (χ1v) is 4.96. The lowest BCUT2D eigenvalue weighted by Crippen LogP contribution is -2.26. The highest BCUT2D eigenvalue weighted by Gasteiger charge is 1.98. The van der Waals surface area contributed by atoms with Gasteiger partial charge in [-0.1, -0.05) is 30.3 Å². The summed E-state index contributed by atoms with van der Waals surface area (Å²) in [6.45, 7) is 2.42. The van der Waals surface area contributed by atoms with Crippen LogP contribution in [-0.4, -0.2) is 31.0 Å². The molecule has 0 bridgehead atoms. The monoisotopic (exact) mass is 206 g/mol. The third kappa shape index (κ3) is 5.02. The van der Waals surface area contributed by atoms with Crippen LogP contribution in [0.25, 0.3) is 0 Å². The maximum absolute atomic E-state index is 5.24. The van der Waals surface area contributed by atoms with Crippen LogP contribution in [0.2, 0.25) is 0 Å². The van der Waals surface area contributed by atoms with E-state index in [-0.39, 0.29) is 5.96 Å². The summed E-state index contributed by atoms with van der Waals surface area (Å²) in [5.74, 6) is 0.156. The minimum atomic E-state index is 0.156. The molecule has 0 aliphatic carbocycles. The van der Waals surface area contributed by atoms with E-state index in [1.807, 2.05) is 18.2 Å². The number of guanidine groups is 1. The zero-order valence-electron chi connectivity index (χ0n) is 9.06. The summed E-state index contributed by atoms with van der Waals surface area (Å²) >= 11 is 0. The number of likely N-dealkylation sites (N-methyl/N-ethyl adjacent to an activating group) is 1. The third-order valence-electron chi connectivity index (χ3n) is 2.07. The van der Waals surface area contributed by atoms with Gasteiger partial charge in [-0.05, 0) is 12.6 Å². The first kappa shape index (κ1) is 11.5. The zero-order chi connectivity index (χ0) is 11.1. The fourth-order valence-corrected chi connectivity index (χ4v) is 1.32. The number of nitrogens with two attached hydrogens (primary N) is 2. The average molecular weight is 206 g/mol. The highest BCUT2D eigenvalue weighted by atomic mass is 15.1. The molecule has 15 heavy (non-hydrogen) atoms. The molecule has 0 aromatic heterocycles. The molecule has 0 radical (unpaired) electrons. The summed E-state index contributed by atoms with van der Waals surface area (Å²) < 4.78 is 0. The van der Waals surface area contributed by atoms with E-state index in [9.17, 15) is 0 Å². The van der Waals surface area contributed by atoms with Crippen molar-refractivity contribution in [3.05, 3.63) is 35.9 Å². The van der Waals surface area contributed by atoms with Crippen molar-refractivity contribution in [2.24, 2.45) is 16.5 Å². The van der Waals surface area contributed by atoms with E-state index in [1.54, 1.807) is 0 Å². The van der Waals surface area contributed by atoms with Crippen molar-refractivity contribution in [1.29, 1.82) is 0 Å². The molecule has 0 unspecified atom stereocenters. The summed E-state index contributed by atoms with van der Waals surface area (Å²) in [5, 5.41) is 0. The van der Waals surface area contributed by atoms with E-state index < -0.39 is 0 Å². The first-order chi connectivity index (χ1) is 7.18. The van der Waals surface area contributed by atoms with Crippen molar-refractivity contribution in [3.8, 4) is 0 Å². The molecule has 0 heterocycles. The summed E-state index contributed by atoms with van der Waals surface area (Å²) in [6.07, 6.45) is 0. The Labute approximate surface area is 90.6 Å². The smallest absolute Gasteiger partial charge is 0.185 e. The maximum atomic E-state index is 5.24. The quantitative estimate of drug-likeness (QED) is 0.541. The molecule has 0 spiro atoms. The highest BCUT2D eigenvalue weighted by Crippen LogP contribution is 2.01. The van der Waals surface area contributed by atoms with Gasteiger partial charge < -0.3 is 16.4 Å². The minimum Gasteiger partial charge on any atom is -0.370 e. The minimum absolute atomic E-state index is 0.156. The SMILES string of the molecule is CN(CCN=C(N)N)Cc1ccccc1. The molecule has 1 aromatic carbocycles. The van der Waals surface area contributed by atoms with Crippen LogP contribution < -0.4 is 11.5 Å². The second kappa shape index (κ2) is 6.03. The van der Waals surface area contributed by atoms with Gasteiger partial charge in [0.15, 0.2) is 5.96 Å². The Morgan fingerprint density at radius 3 is 2.53 bits per heavy atom. The van der Waals surface area contributed by atoms with Gasteiger partial charge in [0.05, 0.1) is 6.54 Å². The Hall–Kier alpha value is -1.55. The van der Waals surface area contributed by atoms with Crippen LogP contribution in [0.1, 0.15) is 5.56 Å². The molecule has 0 saturated carbocycles. The van der Waals surface area contributed by atoms with E-state index in [0.29, 0.717) is 6.54 Å². The van der Waals surface area contributed by atoms with Crippen molar-refractivity contribution in [1.82, 2.24) is 4.90 Å². The molecule has 0 fully saturated rings. The molecule has 0 aliphatic heterocycles. The van der Waals surface area contributed by atoms with Crippen molar-refractivity contribution < 1.29 is 0 Å². The Morgan fingerprint density at radius 2 is 1.93 bits per heavy atom. The standard InChI is InChI=1S/C11H18N4/c1-15(8-7-14-11(12)13)9-10-5-3-2-4-6-10/h2-6H,7-9H2,1H3,(H4,12,13,14). The predicted molar refractivity (Wildman–Crippen MR) is 63.5 cm³/mol. The number of rotatable bonds is 5. The van der Waals surface area contributed by atoms with Crippen LogP contribution >= 0.6 is 0 Å². The molecule has 4 nitrogen and oxygen atoms in total. The Balaban J connectivity index is 2.30. The molecule has 1 aromatic rings. The molecule has 0 aliphatic rings. The van der Waals surface area contributed by atoms with E-state index >= 15 is 0 Å². The van der Waals surface area contributed by atoms with Gasteiger partial charge in [-0.3, -0.25) is 4.99 Å². The molecular formula is C11H18N4. The second-order valence-electron chi connectivity index (χ2n) is 3.53. The van der Waals surface area contributed by atoms with Crippen LogP contribution in [0, 0.1) is 0 Å². The molecule has 4 heteroatoms. The van der Waals surface area contributed by atoms with Crippen molar-refractivity contribution in [3.63, 3.8) is 0 Å². The van der Waals surface area contributed by atoms with Gasteiger partial charge in [0.25, 0.3) is 0 Å². The number of nitrogens with zero attached hydrogens (tertiary/aromatic N) is 2. The number of hydrogen-bond acceptors (Lipinski definition) is 2. The van der Waals surface area contributed by atoms with Crippen LogP contribution in [0.15, 0.2) is 35.3 Å². The van der Waals surface area contributed by atoms with Gasteiger partial charge in [-0.25, -0.2) is 0 Å². The van der Waals surface area contributed by atoms with E-state index in [0.717, 1.165) is 13.1 Å². The lowest BCUT2D eigenvalue weighted by molar-refractivity contribution is 0.336. The van der Waals surface area contributed by atoms with Crippen molar-refractivity contribution in [2.75, 3.05) is 20.1 Å². The molecule has 82 valence electrons. The van der Waals surface area contributed by atoms with Crippen LogP contribution in [0.3, 0.4) is 0 Å². The van der Waals surface area contributed by atoms with E-state index in [2.05, 4.69) is 29.1 Å². The lowest BCUT2D eigenvalue weighted by atomic mass is 10.2. The van der Waals surface area contributed by atoms with Crippen LogP contribution in [0.5, 0.6) is 0 Å². The maximum Gasteiger partial charge on any atom is 0.185 e. The summed E-state index contributed by atoms with van der Waals surface area (Å²) in [6, 6.07) is 10.3. The first-order valence-electron chi connectivity index (χ1n) is 4.96. The lowest BCUT2D eigenvalue weighted by Gasteiger charge is -2.15. The van der Waals surface area contributed by atoms with E-state index in [1.165, 1.54) is 5.56 Å². The Morgan fingerprint density at radius 1 is 1.27 bits per heavy atom. The fourth-order valence-electron chi connectivity index (χ4n) is 1.32. The second-order valence-corrected chi connectivity index (χ2v) is 3.53. The molecule has 0 atom stereocenters. The van der Waals surface area contributed by atoms with Gasteiger partial charge >= 0.3 is 0 Å². The van der Waals surface area contributed by atoms with Gasteiger partial charge in [-0.15, -0.1) is 0 Å². The Bertz CT molecular complexity index is 304. The highest BCUT2D eigenvalue weighted by molar-refractivity contribution is 5.75. The molecule has 1 rings (SSSR count). The van der Waals surface area contributed by atoms with Crippen LogP contribution in [0.4, 0.5) is 0 Å². The largest absolute Gasteiger partial charge is 0.370 e. The van der Waals surface area contributed by atoms with Gasteiger partial charge in [0.1, 0.15) is 0 Å². The normalized spacial score (nSPS) is 10.3. The average Bonchev–Trinajstić information content (AvgIpc) is 2.18. The summed E-state index contributed by atoms with van der Waals surface area (Å²) in [7, 11) is 2.05. The zero-order valence-corrected chi connectivity index (χ0v) is 9.06. The summed E-state index contributed by atoms with van der Waals surface area (Å²) in [4.78, 5) is 6.12. The van der Waals surface area contributed by atoms with Gasteiger partial charge in [0.2, 0.25) is 0 Å². The summed E-state index contributed by atoms with van der Waals surface area (Å²) in [5.41, 5.74) is 11.8.